The number of nitrogens with two attached hydrogens (primary N) is 1. The molecule has 0 aromatic rings. The van der Waals surface area contributed by atoms with E-state index in [1.807, 2.05) is 0 Å². The first-order chi connectivity index (χ1) is 7.69. The minimum atomic E-state index is -0.0244. The van der Waals surface area contributed by atoms with Gasteiger partial charge in [0.15, 0.2) is 0 Å². The first-order valence-electron chi connectivity index (χ1n) is 7.09. The third-order valence-electron chi connectivity index (χ3n) is 3.99. The van der Waals surface area contributed by atoms with E-state index in [0.29, 0.717) is 0 Å². The van der Waals surface area contributed by atoms with Crippen molar-refractivity contribution in [2.45, 2.75) is 83.3 Å². The molecule has 0 radical (unpaired) electrons. The second-order valence-electron chi connectivity index (χ2n) is 5.37. The molecule has 0 aliphatic carbocycles. The molecule has 0 aromatic carbocycles. The van der Waals surface area contributed by atoms with Gasteiger partial charge >= 0.3 is 0 Å². The van der Waals surface area contributed by atoms with Gasteiger partial charge in [0, 0.05) is 12.1 Å². The lowest BCUT2D eigenvalue weighted by Gasteiger charge is -2.27. The Morgan fingerprint density at radius 1 is 1.12 bits per heavy atom. The van der Waals surface area contributed by atoms with Crippen molar-refractivity contribution in [1.82, 2.24) is 0 Å². The lowest BCUT2D eigenvalue weighted by atomic mass is 9.87. The highest BCUT2D eigenvalue weighted by atomic mass is 16.5. The minimum Gasteiger partial charge on any atom is -0.377 e. The molecule has 1 saturated heterocycles. The van der Waals surface area contributed by atoms with Gasteiger partial charge < -0.3 is 10.5 Å². The topological polar surface area (TPSA) is 35.2 Å². The molecule has 96 valence electrons. The van der Waals surface area contributed by atoms with E-state index in [1.54, 1.807) is 0 Å². The van der Waals surface area contributed by atoms with Crippen LogP contribution in [0.2, 0.25) is 0 Å². The normalized spacial score (nSPS) is 29.8. The fourth-order valence-corrected chi connectivity index (χ4v) is 2.53. The highest BCUT2D eigenvalue weighted by molar-refractivity contribution is 4.94. The Labute approximate surface area is 101 Å². The van der Waals surface area contributed by atoms with Gasteiger partial charge in [-0.25, -0.2) is 0 Å². The summed E-state index contributed by atoms with van der Waals surface area (Å²) >= 11 is 0. The van der Waals surface area contributed by atoms with E-state index < -0.39 is 0 Å². The van der Waals surface area contributed by atoms with E-state index >= 15 is 0 Å². The fourth-order valence-electron chi connectivity index (χ4n) is 2.53. The van der Waals surface area contributed by atoms with Crippen LogP contribution in [0.3, 0.4) is 0 Å². The van der Waals surface area contributed by atoms with E-state index in [-0.39, 0.29) is 11.6 Å². The molecule has 0 aromatic heterocycles. The van der Waals surface area contributed by atoms with Crippen molar-refractivity contribution in [2.75, 3.05) is 6.61 Å². The monoisotopic (exact) mass is 227 g/mol. The third kappa shape index (κ3) is 4.42. The molecular weight excluding hydrogens is 198 g/mol. The van der Waals surface area contributed by atoms with Crippen molar-refractivity contribution < 1.29 is 4.74 Å². The first kappa shape index (κ1) is 14.0. The van der Waals surface area contributed by atoms with Gasteiger partial charge in [0.05, 0.1) is 6.10 Å². The molecule has 0 spiro atoms. The molecule has 2 N–H and O–H groups in total. The van der Waals surface area contributed by atoms with Crippen LogP contribution in [0, 0.1) is 0 Å². The van der Waals surface area contributed by atoms with Crippen LogP contribution in [0.15, 0.2) is 0 Å². The van der Waals surface area contributed by atoms with Crippen LogP contribution in [0.4, 0.5) is 0 Å². The molecule has 2 atom stereocenters. The Bertz CT molecular complexity index is 184. The predicted molar refractivity (Wildman–Crippen MR) is 69.6 cm³/mol. The molecule has 2 unspecified atom stereocenters. The highest BCUT2D eigenvalue weighted by Crippen LogP contribution is 2.28. The second kappa shape index (κ2) is 7.29. The molecule has 0 amide bonds. The average molecular weight is 227 g/mol. The van der Waals surface area contributed by atoms with Crippen LogP contribution in [0.5, 0.6) is 0 Å². The van der Waals surface area contributed by atoms with Crippen LogP contribution in [0.1, 0.15) is 71.6 Å². The van der Waals surface area contributed by atoms with Gasteiger partial charge in [-0.15, -0.1) is 0 Å². The molecule has 1 aliphatic rings. The zero-order valence-corrected chi connectivity index (χ0v) is 11.1. The number of hydrogen-bond donors (Lipinski definition) is 1. The minimum absolute atomic E-state index is 0.0244. The van der Waals surface area contributed by atoms with Crippen LogP contribution < -0.4 is 5.73 Å². The van der Waals surface area contributed by atoms with Gasteiger partial charge in [-0.2, -0.15) is 0 Å². The van der Waals surface area contributed by atoms with Crippen molar-refractivity contribution in [1.29, 1.82) is 0 Å². The summed E-state index contributed by atoms with van der Waals surface area (Å²) in [4.78, 5) is 0. The molecule has 1 rings (SSSR count). The Morgan fingerprint density at radius 2 is 1.75 bits per heavy atom. The summed E-state index contributed by atoms with van der Waals surface area (Å²) in [5, 5.41) is 0. The molecule has 16 heavy (non-hydrogen) atoms. The number of unbranched alkanes of at least 4 members (excludes halogenated alkanes) is 6. The van der Waals surface area contributed by atoms with Gasteiger partial charge in [0.25, 0.3) is 0 Å². The van der Waals surface area contributed by atoms with Crippen LogP contribution in [-0.4, -0.2) is 18.2 Å². The van der Waals surface area contributed by atoms with Gasteiger partial charge in [0.1, 0.15) is 0 Å². The van der Waals surface area contributed by atoms with Gasteiger partial charge in [-0.3, -0.25) is 0 Å². The Kier molecular flexibility index (Phi) is 6.37. The van der Waals surface area contributed by atoms with Crippen molar-refractivity contribution in [3.8, 4) is 0 Å². The van der Waals surface area contributed by atoms with Gasteiger partial charge in [-0.05, 0) is 19.8 Å². The van der Waals surface area contributed by atoms with E-state index in [4.69, 9.17) is 10.5 Å². The zero-order valence-electron chi connectivity index (χ0n) is 11.1. The van der Waals surface area contributed by atoms with Crippen LogP contribution >= 0.6 is 0 Å². The maximum absolute atomic E-state index is 6.34. The molecule has 1 fully saturated rings. The highest BCUT2D eigenvalue weighted by Gasteiger charge is 2.36. The van der Waals surface area contributed by atoms with Gasteiger partial charge in [-0.1, -0.05) is 51.9 Å². The summed E-state index contributed by atoms with van der Waals surface area (Å²) in [7, 11) is 0. The van der Waals surface area contributed by atoms with E-state index in [2.05, 4.69) is 13.8 Å². The summed E-state index contributed by atoms with van der Waals surface area (Å²) in [6.45, 7) is 5.24. The Balaban J connectivity index is 1.98. The number of ether oxygens (including phenoxy) is 1. The van der Waals surface area contributed by atoms with E-state index in [0.717, 1.165) is 19.4 Å². The molecule has 2 nitrogen and oxygen atoms in total. The fraction of sp³-hybridized carbons (Fsp3) is 1.00. The Hall–Kier alpha value is -0.0800. The SMILES string of the molecule is CCCCCCCCCC1(N)CCOC1C. The first-order valence-corrected chi connectivity index (χ1v) is 7.09. The van der Waals surface area contributed by atoms with Crippen molar-refractivity contribution in [2.24, 2.45) is 5.73 Å². The zero-order chi connectivity index (χ0) is 11.9. The summed E-state index contributed by atoms with van der Waals surface area (Å²) in [6.07, 6.45) is 12.0. The summed E-state index contributed by atoms with van der Waals surface area (Å²) in [5.41, 5.74) is 6.32. The maximum Gasteiger partial charge on any atom is 0.0727 e. The third-order valence-corrected chi connectivity index (χ3v) is 3.99. The molecular formula is C14H29NO. The van der Waals surface area contributed by atoms with Crippen molar-refractivity contribution in [3.05, 3.63) is 0 Å². The molecule has 2 heteroatoms. The molecule has 0 bridgehead atoms. The maximum atomic E-state index is 6.34. The molecule has 1 heterocycles. The van der Waals surface area contributed by atoms with Crippen LogP contribution in [-0.2, 0) is 4.74 Å². The summed E-state index contributed by atoms with van der Waals surface area (Å²) < 4.78 is 5.55. The predicted octanol–water partition coefficient (Wildman–Crippen LogP) is 3.63. The summed E-state index contributed by atoms with van der Waals surface area (Å²) in [5.74, 6) is 0. The number of rotatable bonds is 8. The lowest BCUT2D eigenvalue weighted by Crippen LogP contribution is -2.45. The average Bonchev–Trinajstić information content (AvgIpc) is 2.59. The van der Waals surface area contributed by atoms with Gasteiger partial charge in [0.2, 0.25) is 0 Å². The van der Waals surface area contributed by atoms with Crippen molar-refractivity contribution >= 4 is 0 Å². The quantitative estimate of drug-likeness (QED) is 0.643. The van der Waals surface area contributed by atoms with Crippen LogP contribution in [0.25, 0.3) is 0 Å². The number of hydrogen-bond acceptors (Lipinski definition) is 2. The van der Waals surface area contributed by atoms with Crippen molar-refractivity contribution in [3.63, 3.8) is 0 Å². The lowest BCUT2D eigenvalue weighted by molar-refractivity contribution is 0.0920. The molecule has 0 saturated carbocycles. The second-order valence-corrected chi connectivity index (χ2v) is 5.37. The largest absolute Gasteiger partial charge is 0.377 e. The standard InChI is InChI=1S/C14H29NO/c1-3-4-5-6-7-8-9-10-14(15)11-12-16-13(14)2/h13H,3-12,15H2,1-2H3. The van der Waals surface area contributed by atoms with E-state index in [9.17, 15) is 0 Å². The smallest absolute Gasteiger partial charge is 0.0727 e. The Morgan fingerprint density at radius 3 is 2.31 bits per heavy atom. The molecule has 1 aliphatic heterocycles. The summed E-state index contributed by atoms with van der Waals surface area (Å²) in [6, 6.07) is 0. The van der Waals surface area contributed by atoms with E-state index in [1.165, 1.54) is 44.9 Å².